The first-order valence-corrected chi connectivity index (χ1v) is 8.57. The zero-order valence-electron chi connectivity index (χ0n) is 14.6. The van der Waals surface area contributed by atoms with E-state index in [0.29, 0.717) is 6.01 Å². The van der Waals surface area contributed by atoms with Crippen molar-refractivity contribution in [2.75, 3.05) is 5.32 Å². The van der Waals surface area contributed by atoms with Crippen LogP contribution in [0.25, 0.3) is 33.6 Å². The summed E-state index contributed by atoms with van der Waals surface area (Å²) in [6.07, 6.45) is 6.78. The normalized spacial score (nSPS) is 11.1. The van der Waals surface area contributed by atoms with E-state index >= 15 is 0 Å². The van der Waals surface area contributed by atoms with Crippen LogP contribution in [0.15, 0.2) is 76.3 Å². The van der Waals surface area contributed by atoms with E-state index in [9.17, 15) is 0 Å². The van der Waals surface area contributed by atoms with Crippen molar-refractivity contribution in [1.29, 1.82) is 0 Å². The van der Waals surface area contributed by atoms with Gasteiger partial charge in [-0.25, -0.2) is 9.97 Å². The molecule has 2 N–H and O–H groups in total. The number of hydrogen-bond donors (Lipinski definition) is 2. The van der Waals surface area contributed by atoms with Crippen LogP contribution in [-0.4, -0.2) is 15.0 Å². The van der Waals surface area contributed by atoms with Crippen LogP contribution in [0.3, 0.4) is 0 Å². The molecule has 27 heavy (non-hydrogen) atoms. The van der Waals surface area contributed by atoms with Crippen LogP contribution in [0.2, 0.25) is 0 Å². The summed E-state index contributed by atoms with van der Waals surface area (Å²) in [7, 11) is 0. The molecule has 0 saturated heterocycles. The van der Waals surface area contributed by atoms with Crippen LogP contribution in [0.1, 0.15) is 5.56 Å². The van der Waals surface area contributed by atoms with Crippen molar-refractivity contribution in [2.24, 2.45) is 0 Å². The standard InChI is InChI=1S/C21H16N4O2/c1-13-4-2-3-5-15(13)20-11-24-21(27-20)25-14-6-7-16-17(9-23-18(16)8-14)19-10-22-12-26-19/h2-12,23H,1H3,(H,24,25). The molecule has 0 amide bonds. The SMILES string of the molecule is Cc1ccccc1-c1cnc(Nc2ccc3c(-c4cnco4)c[nH]c3c2)o1. The first-order chi connectivity index (χ1) is 13.3. The van der Waals surface area contributed by atoms with Crippen molar-refractivity contribution in [3.63, 3.8) is 0 Å². The number of nitrogens with zero attached hydrogens (tertiary/aromatic N) is 2. The van der Waals surface area contributed by atoms with E-state index in [-0.39, 0.29) is 0 Å². The molecule has 0 atom stereocenters. The smallest absolute Gasteiger partial charge is 0.299 e. The van der Waals surface area contributed by atoms with Gasteiger partial charge in [-0.05, 0) is 24.6 Å². The molecular weight excluding hydrogens is 340 g/mol. The predicted molar refractivity (Wildman–Crippen MR) is 104 cm³/mol. The maximum atomic E-state index is 5.87. The van der Waals surface area contributed by atoms with Gasteiger partial charge in [0.1, 0.15) is 0 Å². The van der Waals surface area contributed by atoms with Gasteiger partial charge in [0, 0.05) is 33.9 Å². The van der Waals surface area contributed by atoms with Gasteiger partial charge in [0.25, 0.3) is 6.01 Å². The molecule has 0 unspecified atom stereocenters. The predicted octanol–water partition coefficient (Wildman–Crippen LogP) is 5.53. The lowest BCUT2D eigenvalue weighted by molar-refractivity contribution is 0.572. The Hall–Kier alpha value is -3.80. The monoisotopic (exact) mass is 356 g/mol. The summed E-state index contributed by atoms with van der Waals surface area (Å²) in [5, 5.41) is 4.28. The molecule has 132 valence electrons. The number of H-pyrrole nitrogens is 1. The van der Waals surface area contributed by atoms with Crippen molar-refractivity contribution in [1.82, 2.24) is 15.0 Å². The molecule has 0 spiro atoms. The van der Waals surface area contributed by atoms with Gasteiger partial charge < -0.3 is 19.1 Å². The summed E-state index contributed by atoms with van der Waals surface area (Å²) in [6.45, 7) is 2.05. The average Bonchev–Trinajstić information content (AvgIpc) is 3.42. The second kappa shape index (κ2) is 6.17. The zero-order chi connectivity index (χ0) is 18.2. The number of fused-ring (bicyclic) bond motifs is 1. The minimum Gasteiger partial charge on any atom is -0.443 e. The molecule has 5 aromatic rings. The van der Waals surface area contributed by atoms with E-state index in [0.717, 1.165) is 44.8 Å². The summed E-state index contributed by atoms with van der Waals surface area (Å²) in [4.78, 5) is 11.6. The number of hydrogen-bond acceptors (Lipinski definition) is 5. The van der Waals surface area contributed by atoms with Gasteiger partial charge in [0.05, 0.1) is 12.4 Å². The Morgan fingerprint density at radius 1 is 1.00 bits per heavy atom. The van der Waals surface area contributed by atoms with Crippen LogP contribution in [0.4, 0.5) is 11.7 Å². The largest absolute Gasteiger partial charge is 0.443 e. The number of benzene rings is 2. The van der Waals surface area contributed by atoms with E-state index in [1.54, 1.807) is 12.4 Å². The number of aryl methyl sites for hydroxylation is 1. The lowest BCUT2D eigenvalue weighted by Gasteiger charge is -2.03. The fourth-order valence-electron chi connectivity index (χ4n) is 3.19. The molecule has 6 heteroatoms. The number of nitrogens with one attached hydrogen (secondary N) is 2. The Labute approximate surface area is 154 Å². The third-order valence-electron chi connectivity index (χ3n) is 4.55. The molecule has 3 aromatic heterocycles. The lowest BCUT2D eigenvalue weighted by atomic mass is 10.1. The molecule has 0 fully saturated rings. The summed E-state index contributed by atoms with van der Waals surface area (Å²) in [5.74, 6) is 1.47. The minimum atomic E-state index is 0.453. The van der Waals surface area contributed by atoms with Gasteiger partial charge in [-0.3, -0.25) is 0 Å². The molecule has 0 bridgehead atoms. The first-order valence-electron chi connectivity index (χ1n) is 8.57. The Morgan fingerprint density at radius 2 is 1.93 bits per heavy atom. The van der Waals surface area contributed by atoms with Gasteiger partial charge in [-0.15, -0.1) is 0 Å². The number of aromatic nitrogens is 3. The van der Waals surface area contributed by atoms with Crippen molar-refractivity contribution < 1.29 is 8.83 Å². The highest BCUT2D eigenvalue weighted by atomic mass is 16.4. The van der Waals surface area contributed by atoms with Crippen LogP contribution in [-0.2, 0) is 0 Å². The lowest BCUT2D eigenvalue weighted by Crippen LogP contribution is -1.89. The highest BCUT2D eigenvalue weighted by molar-refractivity contribution is 5.95. The quantitative estimate of drug-likeness (QED) is 0.442. The second-order valence-electron chi connectivity index (χ2n) is 6.30. The van der Waals surface area contributed by atoms with E-state index in [4.69, 9.17) is 8.83 Å². The fraction of sp³-hybridized carbons (Fsp3) is 0.0476. The minimum absolute atomic E-state index is 0.453. The van der Waals surface area contributed by atoms with E-state index in [1.807, 2.05) is 42.6 Å². The van der Waals surface area contributed by atoms with Gasteiger partial charge in [-0.2, -0.15) is 0 Å². The number of anilines is 2. The summed E-state index contributed by atoms with van der Waals surface area (Å²) in [5.41, 5.74) is 5.03. The topological polar surface area (TPSA) is 79.9 Å². The zero-order valence-corrected chi connectivity index (χ0v) is 14.6. The van der Waals surface area contributed by atoms with Crippen molar-refractivity contribution >= 4 is 22.6 Å². The van der Waals surface area contributed by atoms with E-state index in [1.165, 1.54) is 6.39 Å². The molecule has 0 aliphatic carbocycles. The molecule has 5 rings (SSSR count). The molecule has 0 aliphatic rings. The molecule has 0 aliphatic heterocycles. The maximum absolute atomic E-state index is 5.87. The van der Waals surface area contributed by atoms with Crippen LogP contribution in [0.5, 0.6) is 0 Å². The van der Waals surface area contributed by atoms with E-state index < -0.39 is 0 Å². The molecule has 3 heterocycles. The fourth-order valence-corrected chi connectivity index (χ4v) is 3.19. The average molecular weight is 356 g/mol. The van der Waals surface area contributed by atoms with Gasteiger partial charge >= 0.3 is 0 Å². The van der Waals surface area contributed by atoms with Crippen LogP contribution < -0.4 is 5.32 Å². The Morgan fingerprint density at radius 3 is 2.78 bits per heavy atom. The molecule has 0 saturated carbocycles. The van der Waals surface area contributed by atoms with Gasteiger partial charge in [0.15, 0.2) is 17.9 Å². The number of oxazole rings is 2. The molecule has 6 nitrogen and oxygen atoms in total. The Kier molecular flexibility index (Phi) is 3.53. The second-order valence-corrected chi connectivity index (χ2v) is 6.30. The number of aromatic amines is 1. The molecular formula is C21H16N4O2. The third-order valence-corrected chi connectivity index (χ3v) is 4.55. The highest BCUT2D eigenvalue weighted by Crippen LogP contribution is 2.31. The van der Waals surface area contributed by atoms with Crippen molar-refractivity contribution in [3.8, 4) is 22.6 Å². The molecule has 0 radical (unpaired) electrons. The Balaban J connectivity index is 1.43. The van der Waals surface area contributed by atoms with E-state index in [2.05, 4.69) is 33.3 Å². The maximum Gasteiger partial charge on any atom is 0.299 e. The van der Waals surface area contributed by atoms with Gasteiger partial charge in [-0.1, -0.05) is 30.3 Å². The third kappa shape index (κ3) is 2.77. The first kappa shape index (κ1) is 15.5. The van der Waals surface area contributed by atoms with Crippen LogP contribution in [0, 0.1) is 6.92 Å². The van der Waals surface area contributed by atoms with Crippen molar-refractivity contribution in [3.05, 3.63) is 73.0 Å². The number of rotatable bonds is 4. The van der Waals surface area contributed by atoms with Gasteiger partial charge in [0.2, 0.25) is 0 Å². The summed E-state index contributed by atoms with van der Waals surface area (Å²) >= 11 is 0. The summed E-state index contributed by atoms with van der Waals surface area (Å²) < 4.78 is 11.3. The van der Waals surface area contributed by atoms with Crippen LogP contribution >= 0.6 is 0 Å². The van der Waals surface area contributed by atoms with Crippen molar-refractivity contribution in [2.45, 2.75) is 6.92 Å². The summed E-state index contributed by atoms with van der Waals surface area (Å²) in [6, 6.07) is 14.5. The molecule has 2 aromatic carbocycles. The highest BCUT2D eigenvalue weighted by Gasteiger charge is 2.11. The Bertz CT molecular complexity index is 1220.